The number of thiazole rings is 1. The number of aryl methyl sites for hydroxylation is 2. The predicted molar refractivity (Wildman–Crippen MR) is 77.3 cm³/mol. The Morgan fingerprint density at radius 3 is 2.65 bits per heavy atom. The van der Waals surface area contributed by atoms with E-state index in [0.717, 1.165) is 10.7 Å². The third-order valence-corrected chi connectivity index (χ3v) is 3.58. The Bertz CT molecular complexity index is 664. The van der Waals surface area contributed by atoms with Crippen LogP contribution in [-0.2, 0) is 11.2 Å². The number of carboxylic acid groups (broad SMARTS) is 1. The number of rotatable bonds is 4. The van der Waals surface area contributed by atoms with E-state index in [4.69, 9.17) is 5.11 Å². The van der Waals surface area contributed by atoms with Crippen LogP contribution in [0.1, 0.15) is 26.6 Å². The monoisotopic (exact) mass is 290 g/mol. The Morgan fingerprint density at radius 1 is 1.35 bits per heavy atom. The lowest BCUT2D eigenvalue weighted by Crippen LogP contribution is -2.15. The second-order valence-electron chi connectivity index (χ2n) is 4.42. The van der Waals surface area contributed by atoms with Crippen LogP contribution in [0.4, 0.5) is 5.69 Å². The van der Waals surface area contributed by atoms with Crippen LogP contribution >= 0.6 is 11.3 Å². The minimum Gasteiger partial charge on any atom is -0.478 e. The van der Waals surface area contributed by atoms with Crippen molar-refractivity contribution in [3.63, 3.8) is 0 Å². The summed E-state index contributed by atoms with van der Waals surface area (Å²) >= 11 is 1.50. The molecule has 0 saturated carbocycles. The molecule has 1 aromatic carbocycles. The SMILES string of the molecule is Cc1nc(CC(=O)Nc2ccc(C(=O)O)cc2C)cs1. The van der Waals surface area contributed by atoms with Gasteiger partial charge in [0.15, 0.2) is 0 Å². The number of aromatic carboxylic acids is 1. The molecule has 2 rings (SSSR count). The quantitative estimate of drug-likeness (QED) is 0.907. The highest BCUT2D eigenvalue weighted by molar-refractivity contribution is 7.09. The maximum atomic E-state index is 11.9. The Kier molecular flexibility index (Phi) is 4.14. The molecular formula is C14H14N2O3S. The highest BCUT2D eigenvalue weighted by Gasteiger charge is 2.10. The number of nitrogens with zero attached hydrogens (tertiary/aromatic N) is 1. The first kappa shape index (κ1) is 14.2. The van der Waals surface area contributed by atoms with Crippen LogP contribution in [-0.4, -0.2) is 22.0 Å². The first-order valence-corrected chi connectivity index (χ1v) is 6.88. The maximum Gasteiger partial charge on any atom is 0.335 e. The van der Waals surface area contributed by atoms with Gasteiger partial charge in [-0.15, -0.1) is 11.3 Å². The van der Waals surface area contributed by atoms with Crippen molar-refractivity contribution in [3.8, 4) is 0 Å². The molecule has 0 unspecified atom stereocenters. The van der Waals surface area contributed by atoms with Gasteiger partial charge in [-0.3, -0.25) is 4.79 Å². The van der Waals surface area contributed by atoms with E-state index in [9.17, 15) is 9.59 Å². The molecule has 1 aromatic heterocycles. The van der Waals surface area contributed by atoms with Gasteiger partial charge in [0.1, 0.15) is 0 Å². The molecule has 20 heavy (non-hydrogen) atoms. The highest BCUT2D eigenvalue weighted by atomic mass is 32.1. The first-order chi connectivity index (χ1) is 9.45. The van der Waals surface area contributed by atoms with Gasteiger partial charge >= 0.3 is 5.97 Å². The van der Waals surface area contributed by atoms with Crippen molar-refractivity contribution in [2.24, 2.45) is 0 Å². The molecule has 0 atom stereocenters. The van der Waals surface area contributed by atoms with Crippen LogP contribution in [0.5, 0.6) is 0 Å². The number of hydrogen-bond acceptors (Lipinski definition) is 4. The Morgan fingerprint density at radius 2 is 2.10 bits per heavy atom. The van der Waals surface area contributed by atoms with Crippen LogP contribution in [0.25, 0.3) is 0 Å². The minimum atomic E-state index is -0.982. The molecule has 1 heterocycles. The summed E-state index contributed by atoms with van der Waals surface area (Å²) in [6, 6.07) is 4.60. The number of carboxylic acids is 1. The molecule has 104 valence electrons. The van der Waals surface area contributed by atoms with Crippen molar-refractivity contribution in [2.45, 2.75) is 20.3 Å². The third kappa shape index (κ3) is 3.42. The van der Waals surface area contributed by atoms with E-state index in [2.05, 4.69) is 10.3 Å². The van der Waals surface area contributed by atoms with Crippen LogP contribution in [0.15, 0.2) is 23.6 Å². The number of benzene rings is 1. The molecule has 0 spiro atoms. The summed E-state index contributed by atoms with van der Waals surface area (Å²) < 4.78 is 0. The van der Waals surface area contributed by atoms with Crippen LogP contribution in [0, 0.1) is 13.8 Å². The largest absolute Gasteiger partial charge is 0.478 e. The Labute approximate surface area is 120 Å². The van der Waals surface area contributed by atoms with Gasteiger partial charge in [-0.1, -0.05) is 0 Å². The second-order valence-corrected chi connectivity index (χ2v) is 5.48. The molecule has 0 aliphatic heterocycles. The van der Waals surface area contributed by atoms with Crippen molar-refractivity contribution < 1.29 is 14.7 Å². The van der Waals surface area contributed by atoms with Gasteiger partial charge in [0.2, 0.25) is 5.91 Å². The molecule has 2 N–H and O–H groups in total. The summed E-state index contributed by atoms with van der Waals surface area (Å²) in [6.07, 6.45) is 0.213. The van der Waals surface area contributed by atoms with Gasteiger partial charge in [-0.05, 0) is 37.6 Å². The van der Waals surface area contributed by atoms with Crippen molar-refractivity contribution in [3.05, 3.63) is 45.4 Å². The average molecular weight is 290 g/mol. The van der Waals surface area contributed by atoms with E-state index in [-0.39, 0.29) is 17.9 Å². The van der Waals surface area contributed by atoms with E-state index >= 15 is 0 Å². The smallest absolute Gasteiger partial charge is 0.335 e. The van der Waals surface area contributed by atoms with Crippen LogP contribution < -0.4 is 5.32 Å². The summed E-state index contributed by atoms with van der Waals surface area (Å²) in [7, 11) is 0. The second kappa shape index (κ2) is 5.83. The van der Waals surface area contributed by atoms with E-state index in [1.165, 1.54) is 23.5 Å². The molecule has 0 saturated heterocycles. The molecule has 2 aromatic rings. The molecule has 1 amide bonds. The van der Waals surface area contributed by atoms with Crippen molar-refractivity contribution in [1.29, 1.82) is 0 Å². The number of carbonyl (C=O) groups excluding carboxylic acids is 1. The van der Waals surface area contributed by atoms with Crippen LogP contribution in [0.3, 0.4) is 0 Å². The molecule has 0 bridgehead atoms. The van der Waals surface area contributed by atoms with Gasteiger partial charge < -0.3 is 10.4 Å². The fraction of sp³-hybridized carbons (Fsp3) is 0.214. The van der Waals surface area contributed by atoms with Crippen molar-refractivity contribution in [1.82, 2.24) is 4.98 Å². The lowest BCUT2D eigenvalue weighted by molar-refractivity contribution is -0.115. The van der Waals surface area contributed by atoms with Gasteiger partial charge in [-0.2, -0.15) is 0 Å². The molecule has 0 fully saturated rings. The van der Waals surface area contributed by atoms with E-state index in [1.54, 1.807) is 13.0 Å². The molecule has 6 heteroatoms. The number of hydrogen-bond donors (Lipinski definition) is 2. The molecule has 0 aliphatic carbocycles. The highest BCUT2D eigenvalue weighted by Crippen LogP contribution is 2.17. The molecule has 0 aliphatic rings. The number of nitrogens with one attached hydrogen (secondary N) is 1. The zero-order valence-corrected chi connectivity index (χ0v) is 12.0. The topological polar surface area (TPSA) is 79.3 Å². The molecular weight excluding hydrogens is 276 g/mol. The van der Waals surface area contributed by atoms with Crippen LogP contribution in [0.2, 0.25) is 0 Å². The zero-order chi connectivity index (χ0) is 14.7. The van der Waals surface area contributed by atoms with E-state index in [1.807, 2.05) is 12.3 Å². The van der Waals surface area contributed by atoms with Gasteiger partial charge in [-0.25, -0.2) is 9.78 Å². The summed E-state index contributed by atoms with van der Waals surface area (Å²) in [6.45, 7) is 3.65. The van der Waals surface area contributed by atoms with E-state index < -0.39 is 5.97 Å². The standard InChI is InChI=1S/C14H14N2O3S/c1-8-5-10(14(18)19)3-4-12(8)16-13(17)6-11-7-20-9(2)15-11/h3-5,7H,6H2,1-2H3,(H,16,17)(H,18,19). The zero-order valence-electron chi connectivity index (χ0n) is 11.1. The summed E-state index contributed by atoms with van der Waals surface area (Å²) in [4.78, 5) is 27.0. The fourth-order valence-corrected chi connectivity index (χ4v) is 2.40. The maximum absolute atomic E-state index is 11.9. The number of carbonyl (C=O) groups is 2. The van der Waals surface area contributed by atoms with Crippen molar-refractivity contribution in [2.75, 3.05) is 5.32 Å². The Hall–Kier alpha value is -2.21. The number of anilines is 1. The Balaban J connectivity index is 2.06. The average Bonchev–Trinajstić information content (AvgIpc) is 2.77. The fourth-order valence-electron chi connectivity index (χ4n) is 1.79. The molecule has 5 nitrogen and oxygen atoms in total. The summed E-state index contributed by atoms with van der Waals surface area (Å²) in [5, 5.41) is 14.4. The van der Waals surface area contributed by atoms with Gasteiger partial charge in [0, 0.05) is 11.1 Å². The van der Waals surface area contributed by atoms with Gasteiger partial charge in [0.25, 0.3) is 0 Å². The third-order valence-electron chi connectivity index (χ3n) is 2.76. The number of amides is 1. The molecule has 0 radical (unpaired) electrons. The summed E-state index contributed by atoms with van der Waals surface area (Å²) in [5.41, 5.74) is 2.28. The lowest BCUT2D eigenvalue weighted by atomic mass is 10.1. The van der Waals surface area contributed by atoms with Gasteiger partial charge in [0.05, 0.1) is 22.7 Å². The summed E-state index contributed by atoms with van der Waals surface area (Å²) in [5.74, 6) is -1.15. The minimum absolute atomic E-state index is 0.165. The first-order valence-electron chi connectivity index (χ1n) is 6.00. The number of aromatic nitrogens is 1. The lowest BCUT2D eigenvalue weighted by Gasteiger charge is -2.08. The van der Waals surface area contributed by atoms with Crippen molar-refractivity contribution >= 4 is 28.9 Å². The predicted octanol–water partition coefficient (Wildman–Crippen LogP) is 2.64. The van der Waals surface area contributed by atoms with E-state index in [0.29, 0.717) is 11.3 Å². The normalized spacial score (nSPS) is 10.3.